The smallest absolute Gasteiger partial charge is 0.0208 e. The SMILES string of the molecule is CCC1(N2CCNCC2)CCC1. The molecule has 1 aliphatic carbocycles. The van der Waals surface area contributed by atoms with Crippen LogP contribution in [0.3, 0.4) is 0 Å². The Balaban J connectivity index is 1.95. The fraction of sp³-hybridized carbons (Fsp3) is 1.00. The topological polar surface area (TPSA) is 15.3 Å². The number of nitrogens with one attached hydrogen (secondary N) is 1. The fourth-order valence-electron chi connectivity index (χ4n) is 2.62. The van der Waals surface area contributed by atoms with Crippen molar-refractivity contribution in [3.63, 3.8) is 0 Å². The average molecular weight is 168 g/mol. The summed E-state index contributed by atoms with van der Waals surface area (Å²) in [5.41, 5.74) is 0.627. The molecule has 1 aliphatic heterocycles. The molecular weight excluding hydrogens is 148 g/mol. The summed E-state index contributed by atoms with van der Waals surface area (Å²) in [6.45, 7) is 7.28. The van der Waals surface area contributed by atoms with Gasteiger partial charge in [0.05, 0.1) is 0 Å². The third-order valence-electron chi connectivity index (χ3n) is 3.73. The van der Waals surface area contributed by atoms with E-state index < -0.39 is 0 Å². The van der Waals surface area contributed by atoms with Gasteiger partial charge in [0.25, 0.3) is 0 Å². The van der Waals surface area contributed by atoms with Crippen molar-refractivity contribution in [2.75, 3.05) is 26.2 Å². The van der Waals surface area contributed by atoms with E-state index in [4.69, 9.17) is 0 Å². The highest BCUT2D eigenvalue weighted by atomic mass is 15.2. The monoisotopic (exact) mass is 168 g/mol. The molecular formula is C10H20N2. The third kappa shape index (κ3) is 1.27. The molecule has 2 heteroatoms. The Morgan fingerprint density at radius 3 is 2.33 bits per heavy atom. The van der Waals surface area contributed by atoms with Gasteiger partial charge in [-0.05, 0) is 25.7 Å². The van der Waals surface area contributed by atoms with E-state index in [2.05, 4.69) is 17.1 Å². The van der Waals surface area contributed by atoms with Crippen LogP contribution < -0.4 is 5.32 Å². The van der Waals surface area contributed by atoms with Crippen LogP contribution in [0.15, 0.2) is 0 Å². The lowest BCUT2D eigenvalue weighted by molar-refractivity contribution is 0.00392. The van der Waals surface area contributed by atoms with Crippen LogP contribution in [0.1, 0.15) is 32.6 Å². The molecule has 0 aromatic heterocycles. The van der Waals surface area contributed by atoms with E-state index in [9.17, 15) is 0 Å². The van der Waals surface area contributed by atoms with Crippen molar-refractivity contribution in [1.29, 1.82) is 0 Å². The lowest BCUT2D eigenvalue weighted by Crippen LogP contribution is -2.59. The Morgan fingerprint density at radius 2 is 1.92 bits per heavy atom. The first-order valence-electron chi connectivity index (χ1n) is 5.33. The second-order valence-electron chi connectivity index (χ2n) is 4.17. The summed E-state index contributed by atoms with van der Waals surface area (Å²) in [7, 11) is 0. The quantitative estimate of drug-likeness (QED) is 0.667. The highest BCUT2D eigenvalue weighted by Gasteiger charge is 2.40. The van der Waals surface area contributed by atoms with Crippen molar-refractivity contribution < 1.29 is 0 Å². The molecule has 1 saturated heterocycles. The molecule has 0 aromatic carbocycles. The van der Waals surface area contributed by atoms with Crippen molar-refractivity contribution in [1.82, 2.24) is 10.2 Å². The maximum atomic E-state index is 3.42. The normalized spacial score (nSPS) is 29.8. The molecule has 1 N–H and O–H groups in total. The van der Waals surface area contributed by atoms with Crippen LogP contribution in [0.2, 0.25) is 0 Å². The predicted molar refractivity (Wildman–Crippen MR) is 51.3 cm³/mol. The molecule has 70 valence electrons. The summed E-state index contributed by atoms with van der Waals surface area (Å²) in [4.78, 5) is 2.72. The van der Waals surface area contributed by atoms with Crippen molar-refractivity contribution in [2.24, 2.45) is 0 Å². The van der Waals surface area contributed by atoms with Gasteiger partial charge in [-0.15, -0.1) is 0 Å². The van der Waals surface area contributed by atoms with Crippen LogP contribution in [0, 0.1) is 0 Å². The second kappa shape index (κ2) is 3.35. The van der Waals surface area contributed by atoms with Gasteiger partial charge in [-0.1, -0.05) is 6.92 Å². The first kappa shape index (κ1) is 8.52. The number of hydrogen-bond donors (Lipinski definition) is 1. The van der Waals surface area contributed by atoms with E-state index >= 15 is 0 Å². The molecule has 2 aliphatic rings. The maximum Gasteiger partial charge on any atom is 0.0208 e. The molecule has 0 spiro atoms. The molecule has 2 nitrogen and oxygen atoms in total. The molecule has 0 atom stereocenters. The van der Waals surface area contributed by atoms with Gasteiger partial charge in [-0.2, -0.15) is 0 Å². The largest absolute Gasteiger partial charge is 0.314 e. The zero-order chi connectivity index (χ0) is 8.44. The van der Waals surface area contributed by atoms with Gasteiger partial charge in [-0.25, -0.2) is 0 Å². The molecule has 2 fully saturated rings. The van der Waals surface area contributed by atoms with Gasteiger partial charge in [0.1, 0.15) is 0 Å². The predicted octanol–water partition coefficient (Wildman–Crippen LogP) is 1.22. The van der Waals surface area contributed by atoms with Crippen molar-refractivity contribution in [3.05, 3.63) is 0 Å². The van der Waals surface area contributed by atoms with Gasteiger partial charge < -0.3 is 5.32 Å². The Labute approximate surface area is 75.3 Å². The van der Waals surface area contributed by atoms with Gasteiger partial charge in [-0.3, -0.25) is 4.90 Å². The van der Waals surface area contributed by atoms with E-state index in [0.29, 0.717) is 5.54 Å². The molecule has 0 aromatic rings. The molecule has 0 radical (unpaired) electrons. The Morgan fingerprint density at radius 1 is 1.25 bits per heavy atom. The van der Waals surface area contributed by atoms with E-state index in [1.165, 1.54) is 51.9 Å². The summed E-state index contributed by atoms with van der Waals surface area (Å²) in [5, 5.41) is 3.42. The van der Waals surface area contributed by atoms with Crippen LogP contribution in [0.25, 0.3) is 0 Å². The lowest BCUT2D eigenvalue weighted by Gasteiger charge is -2.51. The maximum absolute atomic E-state index is 3.42. The van der Waals surface area contributed by atoms with Crippen LogP contribution in [-0.4, -0.2) is 36.6 Å². The minimum Gasteiger partial charge on any atom is -0.314 e. The van der Waals surface area contributed by atoms with Crippen LogP contribution >= 0.6 is 0 Å². The number of hydrogen-bond acceptors (Lipinski definition) is 2. The average Bonchev–Trinajstić information content (AvgIpc) is 2.05. The van der Waals surface area contributed by atoms with Crippen molar-refractivity contribution >= 4 is 0 Å². The lowest BCUT2D eigenvalue weighted by atomic mass is 9.73. The molecule has 2 rings (SSSR count). The number of nitrogens with zero attached hydrogens (tertiary/aromatic N) is 1. The zero-order valence-electron chi connectivity index (χ0n) is 8.10. The first-order valence-corrected chi connectivity index (χ1v) is 5.33. The molecule has 1 heterocycles. The zero-order valence-corrected chi connectivity index (χ0v) is 8.10. The molecule has 0 amide bonds. The number of rotatable bonds is 2. The summed E-state index contributed by atoms with van der Waals surface area (Å²) in [5.74, 6) is 0. The highest BCUT2D eigenvalue weighted by Crippen LogP contribution is 2.40. The van der Waals surface area contributed by atoms with Gasteiger partial charge >= 0.3 is 0 Å². The molecule has 1 saturated carbocycles. The fourth-order valence-corrected chi connectivity index (χ4v) is 2.62. The summed E-state index contributed by atoms with van der Waals surface area (Å²) < 4.78 is 0. The third-order valence-corrected chi connectivity index (χ3v) is 3.73. The van der Waals surface area contributed by atoms with E-state index in [1.807, 2.05) is 0 Å². The summed E-state index contributed by atoms with van der Waals surface area (Å²) in [6, 6.07) is 0. The minimum absolute atomic E-state index is 0.627. The van der Waals surface area contributed by atoms with Gasteiger partial charge in [0.15, 0.2) is 0 Å². The van der Waals surface area contributed by atoms with E-state index in [-0.39, 0.29) is 0 Å². The summed E-state index contributed by atoms with van der Waals surface area (Å²) in [6.07, 6.45) is 5.71. The van der Waals surface area contributed by atoms with Crippen LogP contribution in [0.4, 0.5) is 0 Å². The molecule has 0 unspecified atom stereocenters. The Bertz CT molecular complexity index is 140. The van der Waals surface area contributed by atoms with Crippen molar-refractivity contribution in [3.8, 4) is 0 Å². The van der Waals surface area contributed by atoms with E-state index in [0.717, 1.165) is 0 Å². The Hall–Kier alpha value is -0.0800. The van der Waals surface area contributed by atoms with Gasteiger partial charge in [0, 0.05) is 31.7 Å². The van der Waals surface area contributed by atoms with Gasteiger partial charge in [0.2, 0.25) is 0 Å². The molecule has 12 heavy (non-hydrogen) atoms. The highest BCUT2D eigenvalue weighted by molar-refractivity contribution is 4.97. The van der Waals surface area contributed by atoms with Crippen molar-refractivity contribution in [2.45, 2.75) is 38.1 Å². The Kier molecular flexibility index (Phi) is 2.37. The minimum atomic E-state index is 0.627. The first-order chi connectivity index (χ1) is 5.87. The number of piperazine rings is 1. The second-order valence-corrected chi connectivity index (χ2v) is 4.17. The van der Waals surface area contributed by atoms with E-state index in [1.54, 1.807) is 0 Å². The standard InChI is InChI=1S/C10H20N2/c1-2-10(4-3-5-10)12-8-6-11-7-9-12/h11H,2-9H2,1H3. The van der Waals surface area contributed by atoms with Crippen LogP contribution in [-0.2, 0) is 0 Å². The summed E-state index contributed by atoms with van der Waals surface area (Å²) >= 11 is 0. The van der Waals surface area contributed by atoms with Crippen LogP contribution in [0.5, 0.6) is 0 Å². The molecule has 0 bridgehead atoms.